The molecule has 1 aromatic carbocycles. The number of unbranched alkanes of at least 4 members (excludes halogenated alkanes) is 1. The van der Waals surface area contributed by atoms with Crippen LogP contribution in [0.3, 0.4) is 0 Å². The molecule has 25 heavy (non-hydrogen) atoms. The minimum absolute atomic E-state index is 0.0688. The van der Waals surface area contributed by atoms with Crippen LogP contribution >= 0.6 is 19.6 Å². The number of thioether (sulfide) groups is 1. The van der Waals surface area contributed by atoms with Crippen LogP contribution in [0, 0.1) is 5.92 Å². The second kappa shape index (κ2) is 12.2. The Labute approximate surface area is 155 Å². The van der Waals surface area contributed by atoms with Gasteiger partial charge < -0.3 is 9.84 Å². The summed E-state index contributed by atoms with van der Waals surface area (Å²) in [6, 6.07) is 10.1. The Balaban J connectivity index is 2.50. The maximum atomic E-state index is 12.5. The molecule has 0 fully saturated rings. The average molecular weight is 383 g/mol. The van der Waals surface area contributed by atoms with Gasteiger partial charge in [-0.1, -0.05) is 42.7 Å². The number of hydrogen-bond donors (Lipinski definition) is 1. The zero-order chi connectivity index (χ0) is 18.7. The first kappa shape index (κ1) is 21.9. The van der Waals surface area contributed by atoms with Gasteiger partial charge >= 0.3 is 13.8 Å². The van der Waals surface area contributed by atoms with Crippen LogP contribution in [0.25, 0.3) is 0 Å². The molecule has 1 N–H and O–H groups in total. The molecule has 2 atom stereocenters. The molecule has 0 heterocycles. The molecule has 0 aliphatic heterocycles. The molecule has 6 heteroatoms. The highest BCUT2D eigenvalue weighted by Crippen LogP contribution is 2.36. The summed E-state index contributed by atoms with van der Waals surface area (Å²) in [6.45, 7) is 6.22. The molecule has 0 amide bonds. The summed E-state index contributed by atoms with van der Waals surface area (Å²) in [4.78, 5) is 12.6. The summed E-state index contributed by atoms with van der Waals surface area (Å²) in [6.07, 6.45) is 3.33. The van der Waals surface area contributed by atoms with Crippen molar-refractivity contribution in [3.63, 3.8) is 0 Å². The zero-order valence-electron chi connectivity index (χ0n) is 15.2. The third-order valence-corrected chi connectivity index (χ3v) is 6.61. The number of hydrogen-bond acceptors (Lipinski definition) is 4. The molecule has 1 aromatic rings. The Morgan fingerprint density at radius 1 is 1.32 bits per heavy atom. The van der Waals surface area contributed by atoms with Gasteiger partial charge in [0, 0.05) is 17.4 Å². The maximum Gasteiger partial charge on any atom is 0.375 e. The van der Waals surface area contributed by atoms with Crippen LogP contribution in [0.1, 0.15) is 33.6 Å². The van der Waals surface area contributed by atoms with E-state index < -0.39 is 19.6 Å². The molecule has 0 saturated carbocycles. The minimum atomic E-state index is -1.75. The van der Waals surface area contributed by atoms with Crippen LogP contribution in [0.15, 0.2) is 46.9 Å². The molecule has 1 rings (SSSR count). The molecule has 0 radical (unpaired) electrons. The molecular formula is C19H28O4PS+. The SMILES string of the molecule is CCOC(C(C)C)[P+](=O)C/C(=C\CCCSc1ccccc1)C(=O)O. The summed E-state index contributed by atoms with van der Waals surface area (Å²) in [5.41, 5.74) is 0.233. The smallest absolute Gasteiger partial charge is 0.375 e. The van der Waals surface area contributed by atoms with Gasteiger partial charge in [-0.25, -0.2) is 4.79 Å². The lowest BCUT2D eigenvalue weighted by atomic mass is 10.2. The highest BCUT2D eigenvalue weighted by atomic mass is 32.2. The Kier molecular flexibility index (Phi) is 10.7. The van der Waals surface area contributed by atoms with E-state index in [-0.39, 0.29) is 17.7 Å². The highest BCUT2D eigenvalue weighted by Gasteiger charge is 2.35. The van der Waals surface area contributed by atoms with Gasteiger partial charge in [-0.3, -0.25) is 0 Å². The minimum Gasteiger partial charge on any atom is -0.478 e. The fourth-order valence-corrected chi connectivity index (χ4v) is 4.98. The molecule has 2 unspecified atom stereocenters. The van der Waals surface area contributed by atoms with Gasteiger partial charge in [0.25, 0.3) is 5.85 Å². The molecule has 0 aliphatic rings. The van der Waals surface area contributed by atoms with E-state index in [0.717, 1.165) is 12.2 Å². The molecule has 0 spiro atoms. The monoisotopic (exact) mass is 383 g/mol. The van der Waals surface area contributed by atoms with Crippen LogP contribution in [0.4, 0.5) is 0 Å². The molecule has 0 bridgehead atoms. The van der Waals surface area contributed by atoms with Crippen molar-refractivity contribution in [2.24, 2.45) is 5.92 Å². The predicted octanol–water partition coefficient (Wildman–Crippen LogP) is 5.42. The summed E-state index contributed by atoms with van der Waals surface area (Å²) in [5.74, 6) is -0.358. The van der Waals surface area contributed by atoms with E-state index in [2.05, 4.69) is 12.1 Å². The first-order valence-corrected chi connectivity index (χ1v) is 11.1. The lowest BCUT2D eigenvalue weighted by molar-refractivity contribution is -0.132. The van der Waals surface area contributed by atoms with Crippen molar-refractivity contribution < 1.29 is 19.2 Å². The van der Waals surface area contributed by atoms with Crippen LogP contribution in [-0.2, 0) is 14.1 Å². The second-order valence-electron chi connectivity index (χ2n) is 6.00. The van der Waals surface area contributed by atoms with E-state index in [4.69, 9.17) is 4.74 Å². The number of allylic oxidation sites excluding steroid dienone is 1. The standard InChI is InChI=1S/C19H27O4PS/c1-4-23-19(15(2)3)24(22)14-16(18(20)21)10-8-9-13-25-17-11-6-5-7-12-17/h5-7,10-12,15,19H,4,8-9,13-14H2,1-3H3/p+1/b16-10+. The summed E-state index contributed by atoms with van der Waals surface area (Å²) in [5, 5.41) is 9.36. The Morgan fingerprint density at radius 2 is 2.00 bits per heavy atom. The lowest BCUT2D eigenvalue weighted by Gasteiger charge is -2.11. The van der Waals surface area contributed by atoms with Gasteiger partial charge in [-0.15, -0.1) is 11.8 Å². The van der Waals surface area contributed by atoms with E-state index in [1.807, 2.05) is 39.0 Å². The van der Waals surface area contributed by atoms with Gasteiger partial charge in [0.15, 0.2) is 6.16 Å². The Bertz CT molecular complexity index is 572. The highest BCUT2D eigenvalue weighted by molar-refractivity contribution is 7.99. The van der Waals surface area contributed by atoms with E-state index >= 15 is 0 Å². The second-order valence-corrected chi connectivity index (χ2v) is 8.83. The van der Waals surface area contributed by atoms with E-state index in [1.54, 1.807) is 17.8 Å². The predicted molar refractivity (Wildman–Crippen MR) is 105 cm³/mol. The van der Waals surface area contributed by atoms with Gasteiger partial charge in [0.2, 0.25) is 0 Å². The van der Waals surface area contributed by atoms with Gasteiger partial charge in [-0.2, -0.15) is 0 Å². The first-order chi connectivity index (χ1) is 12.0. The molecule has 0 saturated heterocycles. The van der Waals surface area contributed by atoms with E-state index in [9.17, 15) is 14.5 Å². The van der Waals surface area contributed by atoms with Crippen LogP contribution in [0.5, 0.6) is 0 Å². The molecule has 138 valence electrons. The van der Waals surface area contributed by atoms with Crippen molar-refractivity contribution in [1.29, 1.82) is 0 Å². The van der Waals surface area contributed by atoms with Crippen LogP contribution in [0.2, 0.25) is 0 Å². The topological polar surface area (TPSA) is 63.6 Å². The molecular weight excluding hydrogens is 355 g/mol. The summed E-state index contributed by atoms with van der Waals surface area (Å²) >= 11 is 1.76. The quantitative estimate of drug-likeness (QED) is 0.226. The molecule has 0 aliphatic carbocycles. The third-order valence-electron chi connectivity index (χ3n) is 3.54. The van der Waals surface area contributed by atoms with Crippen molar-refractivity contribution in [2.45, 2.75) is 44.4 Å². The summed E-state index contributed by atoms with van der Waals surface area (Å²) < 4.78 is 18.0. The van der Waals surface area contributed by atoms with Crippen molar-refractivity contribution in [3.05, 3.63) is 42.0 Å². The fourth-order valence-electron chi connectivity index (χ4n) is 2.32. The maximum absolute atomic E-state index is 12.5. The van der Waals surface area contributed by atoms with Crippen LogP contribution < -0.4 is 0 Å². The summed E-state index contributed by atoms with van der Waals surface area (Å²) in [7, 11) is -1.75. The van der Waals surface area contributed by atoms with Crippen molar-refractivity contribution in [2.75, 3.05) is 18.5 Å². The fraction of sp³-hybridized carbons (Fsp3) is 0.526. The number of carbonyl (C=O) groups is 1. The Morgan fingerprint density at radius 3 is 2.56 bits per heavy atom. The van der Waals surface area contributed by atoms with Gasteiger partial charge in [0.05, 0.1) is 5.57 Å². The van der Waals surface area contributed by atoms with Crippen molar-refractivity contribution >= 4 is 25.5 Å². The van der Waals surface area contributed by atoms with Crippen LogP contribution in [-0.4, -0.2) is 35.4 Å². The number of benzene rings is 1. The number of aliphatic carboxylic acids is 1. The number of carboxylic acids is 1. The van der Waals surface area contributed by atoms with E-state index in [0.29, 0.717) is 13.0 Å². The zero-order valence-corrected chi connectivity index (χ0v) is 16.9. The van der Waals surface area contributed by atoms with Crippen molar-refractivity contribution in [1.82, 2.24) is 0 Å². The molecule has 0 aromatic heterocycles. The van der Waals surface area contributed by atoms with Crippen molar-refractivity contribution in [3.8, 4) is 0 Å². The Hall–Kier alpha value is -1.16. The first-order valence-electron chi connectivity index (χ1n) is 8.61. The van der Waals surface area contributed by atoms with Gasteiger partial charge in [0.1, 0.15) is 0 Å². The van der Waals surface area contributed by atoms with E-state index in [1.165, 1.54) is 4.90 Å². The molecule has 4 nitrogen and oxygen atoms in total. The third kappa shape index (κ3) is 8.66. The largest absolute Gasteiger partial charge is 0.478 e. The number of rotatable bonds is 12. The lowest BCUT2D eigenvalue weighted by Crippen LogP contribution is -2.18. The number of carboxylic acid groups (broad SMARTS) is 1. The average Bonchev–Trinajstić information content (AvgIpc) is 2.58. The number of ether oxygens (including phenoxy) is 1. The normalized spacial score (nSPS) is 13.8. The van der Waals surface area contributed by atoms with Gasteiger partial charge in [-0.05, 0) is 37.7 Å².